The highest BCUT2D eigenvalue weighted by atomic mass is 16.5. The van der Waals surface area contributed by atoms with Gasteiger partial charge in [-0.2, -0.15) is 0 Å². The zero-order valence-electron chi connectivity index (χ0n) is 19.9. The lowest BCUT2D eigenvalue weighted by molar-refractivity contribution is -0.0156. The Kier molecular flexibility index (Phi) is 8.24. The van der Waals surface area contributed by atoms with Crippen LogP contribution < -0.4 is 9.47 Å². The van der Waals surface area contributed by atoms with Crippen molar-refractivity contribution in [3.05, 3.63) is 59.7 Å². The number of fused-ring (bicyclic) bond motifs is 3. The summed E-state index contributed by atoms with van der Waals surface area (Å²) in [5.41, 5.74) is 1.88. The topological polar surface area (TPSA) is 51.2 Å². The van der Waals surface area contributed by atoms with Crippen LogP contribution in [0.5, 0.6) is 11.5 Å². The van der Waals surface area contributed by atoms with Crippen molar-refractivity contribution in [3.8, 4) is 11.5 Å². The van der Waals surface area contributed by atoms with E-state index in [0.717, 1.165) is 69.8 Å². The molecule has 0 N–H and O–H groups in total. The highest BCUT2D eigenvalue weighted by molar-refractivity contribution is 5.95. The molecule has 6 heteroatoms. The van der Waals surface area contributed by atoms with Gasteiger partial charge in [-0.05, 0) is 56.5 Å². The van der Waals surface area contributed by atoms with Gasteiger partial charge in [-0.25, -0.2) is 0 Å². The minimum atomic E-state index is 0.0852. The van der Waals surface area contributed by atoms with Gasteiger partial charge in [0, 0.05) is 37.9 Å². The Morgan fingerprint density at radius 2 is 1.85 bits per heavy atom. The predicted molar refractivity (Wildman–Crippen MR) is 129 cm³/mol. The summed E-state index contributed by atoms with van der Waals surface area (Å²) < 4.78 is 17.5. The SMILES string of the molecule is COc1ccccc1CN1CCCC[C@@H]2[C@H](OC)CCCN2C(=O)c2cccc(c2)OCC1. The lowest BCUT2D eigenvalue weighted by Gasteiger charge is -2.41. The van der Waals surface area contributed by atoms with Crippen molar-refractivity contribution in [2.75, 3.05) is 40.5 Å². The highest BCUT2D eigenvalue weighted by Crippen LogP contribution is 2.27. The number of hydrogen-bond acceptors (Lipinski definition) is 5. The van der Waals surface area contributed by atoms with E-state index in [1.165, 1.54) is 5.56 Å². The van der Waals surface area contributed by atoms with Crippen LogP contribution in [0.4, 0.5) is 0 Å². The number of hydrogen-bond donors (Lipinski definition) is 0. The Morgan fingerprint density at radius 3 is 2.70 bits per heavy atom. The van der Waals surface area contributed by atoms with Gasteiger partial charge < -0.3 is 19.1 Å². The van der Waals surface area contributed by atoms with Gasteiger partial charge in [-0.1, -0.05) is 30.7 Å². The van der Waals surface area contributed by atoms with Crippen LogP contribution in [0.1, 0.15) is 48.0 Å². The minimum Gasteiger partial charge on any atom is -0.496 e. The van der Waals surface area contributed by atoms with Gasteiger partial charge in [0.2, 0.25) is 0 Å². The van der Waals surface area contributed by atoms with E-state index in [2.05, 4.69) is 17.0 Å². The summed E-state index contributed by atoms with van der Waals surface area (Å²) in [6, 6.07) is 15.9. The minimum absolute atomic E-state index is 0.0852. The van der Waals surface area contributed by atoms with Crippen molar-refractivity contribution >= 4 is 5.91 Å². The fourth-order valence-electron chi connectivity index (χ4n) is 5.10. The molecule has 6 nitrogen and oxygen atoms in total. The average Bonchev–Trinajstić information content (AvgIpc) is 2.86. The van der Waals surface area contributed by atoms with Gasteiger partial charge in [-0.15, -0.1) is 0 Å². The molecule has 0 radical (unpaired) electrons. The summed E-state index contributed by atoms with van der Waals surface area (Å²) >= 11 is 0. The number of carbonyl (C=O) groups excluding carboxylic acids is 1. The van der Waals surface area contributed by atoms with Gasteiger partial charge in [0.1, 0.15) is 18.1 Å². The molecule has 0 unspecified atom stereocenters. The summed E-state index contributed by atoms with van der Waals surface area (Å²) in [6.07, 6.45) is 5.16. The average molecular weight is 453 g/mol. The van der Waals surface area contributed by atoms with Crippen LogP contribution >= 0.6 is 0 Å². The maximum atomic E-state index is 13.4. The first-order valence-electron chi connectivity index (χ1n) is 12.1. The molecule has 2 atom stereocenters. The van der Waals surface area contributed by atoms with Crippen LogP contribution in [0.25, 0.3) is 0 Å². The van der Waals surface area contributed by atoms with Crippen LogP contribution in [-0.4, -0.2) is 68.3 Å². The monoisotopic (exact) mass is 452 g/mol. The van der Waals surface area contributed by atoms with Crippen molar-refractivity contribution in [3.63, 3.8) is 0 Å². The molecule has 0 spiro atoms. The smallest absolute Gasteiger partial charge is 0.254 e. The summed E-state index contributed by atoms with van der Waals surface area (Å²) in [5, 5.41) is 0. The molecule has 33 heavy (non-hydrogen) atoms. The van der Waals surface area contributed by atoms with Crippen LogP contribution in [0.15, 0.2) is 48.5 Å². The second-order valence-electron chi connectivity index (χ2n) is 8.94. The first-order valence-corrected chi connectivity index (χ1v) is 12.1. The standard InChI is InChI=1S/C27H36N2O4/c1-31-25-13-4-3-9-22(25)20-28-15-6-5-12-24-26(32-2)14-8-16-29(24)27(30)21-10-7-11-23(19-21)33-18-17-28/h3-4,7,9-11,13,19,24,26H,5-6,8,12,14-18,20H2,1-2H3/t24-,26-/m1/s1. The van der Waals surface area contributed by atoms with E-state index in [1.807, 2.05) is 41.3 Å². The van der Waals surface area contributed by atoms with E-state index < -0.39 is 0 Å². The lowest BCUT2D eigenvalue weighted by atomic mass is 9.93. The predicted octanol–water partition coefficient (Wildman–Crippen LogP) is 4.38. The van der Waals surface area contributed by atoms with Gasteiger partial charge in [0.25, 0.3) is 5.91 Å². The normalized spacial score (nSPS) is 22.7. The van der Waals surface area contributed by atoms with Crippen LogP contribution in [0.2, 0.25) is 0 Å². The molecule has 1 saturated heterocycles. The number of ether oxygens (including phenoxy) is 3. The number of piperidine rings is 1. The number of para-hydroxylation sites is 1. The van der Waals surface area contributed by atoms with E-state index in [-0.39, 0.29) is 18.1 Å². The Hall–Kier alpha value is -2.57. The lowest BCUT2D eigenvalue weighted by Crippen LogP contribution is -2.51. The molecule has 2 aliphatic heterocycles. The van der Waals surface area contributed by atoms with E-state index in [1.54, 1.807) is 14.2 Å². The Bertz CT molecular complexity index is 918. The number of amides is 1. The maximum absolute atomic E-state index is 13.4. The summed E-state index contributed by atoms with van der Waals surface area (Å²) in [5.74, 6) is 1.75. The summed E-state index contributed by atoms with van der Waals surface area (Å²) in [6.45, 7) is 3.97. The molecule has 2 aromatic rings. The molecule has 2 aromatic carbocycles. The zero-order valence-corrected chi connectivity index (χ0v) is 19.9. The van der Waals surface area contributed by atoms with Crippen molar-refractivity contribution in [2.24, 2.45) is 0 Å². The van der Waals surface area contributed by atoms with Crippen molar-refractivity contribution < 1.29 is 19.0 Å². The fourth-order valence-corrected chi connectivity index (χ4v) is 5.10. The number of carbonyl (C=O) groups is 1. The van der Waals surface area contributed by atoms with Gasteiger partial charge in [-0.3, -0.25) is 9.69 Å². The third-order valence-corrected chi connectivity index (χ3v) is 6.85. The number of methoxy groups -OCH3 is 2. The Labute approximate surface area is 197 Å². The van der Waals surface area contributed by atoms with Gasteiger partial charge >= 0.3 is 0 Å². The fraction of sp³-hybridized carbons (Fsp3) is 0.519. The molecule has 0 saturated carbocycles. The van der Waals surface area contributed by atoms with E-state index in [9.17, 15) is 4.79 Å². The first-order chi connectivity index (χ1) is 16.2. The van der Waals surface area contributed by atoms with Crippen LogP contribution in [-0.2, 0) is 11.3 Å². The Morgan fingerprint density at radius 1 is 0.970 bits per heavy atom. The molecule has 1 amide bonds. The largest absolute Gasteiger partial charge is 0.496 e. The first kappa shape index (κ1) is 23.6. The Balaban J connectivity index is 1.54. The third kappa shape index (κ3) is 5.87. The molecular formula is C27H36N2O4. The number of rotatable bonds is 4. The second kappa shape index (κ2) is 11.5. The third-order valence-electron chi connectivity index (χ3n) is 6.85. The molecular weight excluding hydrogens is 416 g/mol. The number of benzene rings is 2. The molecule has 0 aliphatic carbocycles. The number of nitrogens with zero attached hydrogens (tertiary/aromatic N) is 2. The molecule has 4 rings (SSSR count). The summed E-state index contributed by atoms with van der Waals surface area (Å²) in [4.78, 5) is 17.9. The molecule has 1 fully saturated rings. The molecule has 0 aromatic heterocycles. The molecule has 2 heterocycles. The quantitative estimate of drug-likeness (QED) is 0.689. The van der Waals surface area contributed by atoms with Crippen molar-refractivity contribution in [1.29, 1.82) is 0 Å². The zero-order chi connectivity index (χ0) is 23.0. The van der Waals surface area contributed by atoms with Gasteiger partial charge in [0.05, 0.1) is 19.3 Å². The van der Waals surface area contributed by atoms with E-state index in [4.69, 9.17) is 14.2 Å². The maximum Gasteiger partial charge on any atom is 0.254 e. The van der Waals surface area contributed by atoms with Crippen LogP contribution in [0, 0.1) is 0 Å². The molecule has 2 aliphatic rings. The van der Waals surface area contributed by atoms with Crippen molar-refractivity contribution in [1.82, 2.24) is 9.80 Å². The van der Waals surface area contributed by atoms with E-state index in [0.29, 0.717) is 12.2 Å². The van der Waals surface area contributed by atoms with Gasteiger partial charge in [0.15, 0.2) is 0 Å². The summed E-state index contributed by atoms with van der Waals surface area (Å²) in [7, 11) is 3.49. The van der Waals surface area contributed by atoms with E-state index >= 15 is 0 Å². The van der Waals surface area contributed by atoms with Crippen LogP contribution in [0.3, 0.4) is 0 Å². The second-order valence-corrected chi connectivity index (χ2v) is 8.94. The van der Waals surface area contributed by atoms with Crippen molar-refractivity contribution in [2.45, 2.75) is 50.8 Å². The highest BCUT2D eigenvalue weighted by Gasteiger charge is 2.34. The molecule has 2 bridgehead atoms. The molecule has 178 valence electrons.